The Morgan fingerprint density at radius 2 is 1.78 bits per heavy atom. The van der Waals surface area contributed by atoms with Gasteiger partial charge in [0, 0.05) is 44.8 Å². The molecule has 1 aromatic carbocycles. The maximum Gasteiger partial charge on any atom is 0.259 e. The zero-order valence-corrected chi connectivity index (χ0v) is 24.2. The highest BCUT2D eigenvalue weighted by molar-refractivity contribution is 6.00. The lowest BCUT2D eigenvalue weighted by atomic mass is 10.1. The van der Waals surface area contributed by atoms with Gasteiger partial charge < -0.3 is 20.3 Å². The number of primary amides is 1. The number of benzene rings is 1. The fourth-order valence-corrected chi connectivity index (χ4v) is 3.06. The summed E-state index contributed by atoms with van der Waals surface area (Å²) in [5, 5.41) is 19.2. The first-order valence-electron chi connectivity index (χ1n) is 12.6. The molecular formula is C31H46N4O2. The number of allylic oxidation sites excluding steroid dienone is 2. The van der Waals surface area contributed by atoms with Crippen molar-refractivity contribution in [2.75, 3.05) is 20.7 Å². The third-order valence-corrected chi connectivity index (χ3v) is 5.10. The quantitative estimate of drug-likeness (QED) is 0.429. The molecule has 0 saturated carbocycles. The summed E-state index contributed by atoms with van der Waals surface area (Å²) in [6.45, 7) is 17.2. The largest absolute Gasteiger partial charge is 0.396 e. The molecule has 1 amide bonds. The first kappa shape index (κ1) is 33.4. The van der Waals surface area contributed by atoms with E-state index in [1.807, 2.05) is 69.0 Å². The number of nitriles is 1. The Morgan fingerprint density at radius 1 is 1.19 bits per heavy atom. The van der Waals surface area contributed by atoms with Gasteiger partial charge in [0.15, 0.2) is 0 Å². The molecule has 6 heteroatoms. The van der Waals surface area contributed by atoms with E-state index in [1.165, 1.54) is 6.08 Å². The van der Waals surface area contributed by atoms with Crippen LogP contribution in [0, 0.1) is 23.2 Å². The second kappa shape index (κ2) is 17.0. The summed E-state index contributed by atoms with van der Waals surface area (Å²) in [6, 6.07) is 11.7. The van der Waals surface area contributed by atoms with E-state index < -0.39 is 5.91 Å². The highest BCUT2D eigenvalue weighted by atomic mass is 16.3. The zero-order valence-electron chi connectivity index (χ0n) is 24.2. The van der Waals surface area contributed by atoms with Crippen LogP contribution in [0.3, 0.4) is 0 Å². The Kier molecular flexibility index (Phi) is 15.4. The SMILES string of the molecule is C=c1cc(-c2ccc(/C=C(\C#N)C(N)=O)n2C)cc/c1=C/C(=C\C)N(C)C.CC(C)C.CC(C)CCO. The van der Waals surface area contributed by atoms with Crippen LogP contribution in [0.4, 0.5) is 0 Å². The fraction of sp³-hybridized carbons (Fsp3) is 0.419. The molecule has 0 fully saturated rings. The number of carbonyl (C=O) groups excluding carboxylic acids is 1. The van der Waals surface area contributed by atoms with E-state index in [9.17, 15) is 4.79 Å². The van der Waals surface area contributed by atoms with Crippen molar-refractivity contribution in [2.24, 2.45) is 24.6 Å². The van der Waals surface area contributed by atoms with Crippen molar-refractivity contribution in [2.45, 2.75) is 48.0 Å². The first-order valence-corrected chi connectivity index (χ1v) is 12.6. The van der Waals surface area contributed by atoms with Crippen molar-refractivity contribution in [1.82, 2.24) is 9.47 Å². The third kappa shape index (κ3) is 12.3. The van der Waals surface area contributed by atoms with Gasteiger partial charge in [0.2, 0.25) is 0 Å². The molecule has 0 aliphatic rings. The van der Waals surface area contributed by atoms with Crippen LogP contribution in [0.5, 0.6) is 0 Å². The monoisotopic (exact) mass is 506 g/mol. The minimum atomic E-state index is -0.735. The Bertz CT molecular complexity index is 1210. The molecule has 3 N–H and O–H groups in total. The van der Waals surface area contributed by atoms with E-state index in [-0.39, 0.29) is 5.57 Å². The van der Waals surface area contributed by atoms with Crippen LogP contribution in [0.25, 0.3) is 30.0 Å². The van der Waals surface area contributed by atoms with Gasteiger partial charge >= 0.3 is 0 Å². The average molecular weight is 507 g/mol. The van der Waals surface area contributed by atoms with Crippen molar-refractivity contribution in [3.63, 3.8) is 0 Å². The number of aromatic nitrogens is 1. The summed E-state index contributed by atoms with van der Waals surface area (Å²) in [4.78, 5) is 13.3. The van der Waals surface area contributed by atoms with Crippen molar-refractivity contribution >= 4 is 24.6 Å². The van der Waals surface area contributed by atoms with Crippen LogP contribution in [-0.2, 0) is 11.8 Å². The molecule has 1 aromatic heterocycles. The molecule has 0 bridgehead atoms. The fourth-order valence-electron chi connectivity index (χ4n) is 3.06. The number of rotatable bonds is 7. The number of nitrogens with two attached hydrogens (primary N) is 1. The van der Waals surface area contributed by atoms with Gasteiger partial charge in [-0.2, -0.15) is 5.26 Å². The zero-order chi connectivity index (χ0) is 28.7. The number of aliphatic hydroxyl groups excluding tert-OH is 1. The highest BCUT2D eigenvalue weighted by Gasteiger charge is 2.09. The topological polar surface area (TPSA) is 95.3 Å². The number of hydrogen-bond donors (Lipinski definition) is 2. The first-order chi connectivity index (χ1) is 17.3. The van der Waals surface area contributed by atoms with Crippen LogP contribution in [0.2, 0.25) is 0 Å². The van der Waals surface area contributed by atoms with Gasteiger partial charge in [0.05, 0.1) is 0 Å². The van der Waals surface area contributed by atoms with E-state index in [2.05, 4.69) is 58.2 Å². The Balaban J connectivity index is 0.00000110. The van der Waals surface area contributed by atoms with Crippen LogP contribution in [0.15, 0.2) is 47.7 Å². The van der Waals surface area contributed by atoms with E-state index >= 15 is 0 Å². The summed E-state index contributed by atoms with van der Waals surface area (Å²) in [5.74, 6) is 0.746. The second-order valence-electron chi connectivity index (χ2n) is 10.0. The average Bonchev–Trinajstić information content (AvgIpc) is 3.16. The molecule has 0 atom stereocenters. The maximum absolute atomic E-state index is 11.3. The van der Waals surface area contributed by atoms with Crippen LogP contribution >= 0.6 is 0 Å². The standard InChI is InChI=1S/C22H24N4O.C5H12O.C4H10/c1-6-19(25(3)4)12-16-7-8-17(11-15(16)2)21-10-9-20(26(21)5)13-18(14-23)22(24)27;1-5(2)3-4-6;1-4(2)3/h6-13H,2H2,1,3-5H3,(H2,24,27);5-6H,3-4H2,1-2H3;4H,1-3H3/b16-12-,18-13+,19-6+;;. The molecule has 37 heavy (non-hydrogen) atoms. The summed E-state index contributed by atoms with van der Waals surface area (Å²) >= 11 is 0. The van der Waals surface area contributed by atoms with E-state index in [0.717, 1.165) is 45.4 Å². The molecular weight excluding hydrogens is 460 g/mol. The van der Waals surface area contributed by atoms with Crippen molar-refractivity contribution in [3.05, 3.63) is 63.8 Å². The van der Waals surface area contributed by atoms with Gasteiger partial charge in [-0.15, -0.1) is 0 Å². The minimum absolute atomic E-state index is 0.0758. The molecule has 0 aliphatic carbocycles. The van der Waals surface area contributed by atoms with Crippen molar-refractivity contribution in [3.8, 4) is 17.3 Å². The Labute approximate surface area is 223 Å². The summed E-state index contributed by atoms with van der Waals surface area (Å²) < 4.78 is 1.91. The van der Waals surface area contributed by atoms with E-state index in [4.69, 9.17) is 16.1 Å². The molecule has 0 spiro atoms. The number of amides is 1. The molecule has 0 saturated heterocycles. The maximum atomic E-state index is 11.3. The number of carbonyl (C=O) groups is 1. The normalized spacial score (nSPS) is 11.9. The van der Waals surface area contributed by atoms with Gasteiger partial charge in [0.1, 0.15) is 11.6 Å². The van der Waals surface area contributed by atoms with Crippen LogP contribution in [-0.4, -0.2) is 41.2 Å². The number of nitrogens with zero attached hydrogens (tertiary/aromatic N) is 3. The van der Waals surface area contributed by atoms with E-state index in [1.54, 1.807) is 0 Å². The second-order valence-corrected chi connectivity index (χ2v) is 10.0. The molecule has 0 aliphatic heterocycles. The lowest BCUT2D eigenvalue weighted by Crippen LogP contribution is -2.24. The van der Waals surface area contributed by atoms with Crippen LogP contribution in [0.1, 0.15) is 53.7 Å². The molecule has 0 unspecified atom stereocenters. The lowest BCUT2D eigenvalue weighted by Gasteiger charge is -2.13. The summed E-state index contributed by atoms with van der Waals surface area (Å²) in [7, 11) is 5.89. The Hall–Kier alpha value is -3.56. The molecule has 2 aromatic rings. The summed E-state index contributed by atoms with van der Waals surface area (Å²) in [5.41, 5.74) is 8.93. The molecule has 2 rings (SSSR count). The number of hydrogen-bond acceptors (Lipinski definition) is 4. The minimum Gasteiger partial charge on any atom is -0.396 e. The van der Waals surface area contributed by atoms with Gasteiger partial charge in [-0.25, -0.2) is 0 Å². The number of aliphatic hydroxyl groups is 1. The smallest absolute Gasteiger partial charge is 0.259 e. The van der Waals surface area contributed by atoms with Crippen molar-refractivity contribution < 1.29 is 9.90 Å². The highest BCUT2D eigenvalue weighted by Crippen LogP contribution is 2.21. The molecule has 202 valence electrons. The van der Waals surface area contributed by atoms with Gasteiger partial charge in [0.25, 0.3) is 5.91 Å². The predicted molar refractivity (Wildman–Crippen MR) is 157 cm³/mol. The molecule has 6 nitrogen and oxygen atoms in total. The van der Waals surface area contributed by atoms with Crippen LogP contribution < -0.4 is 16.2 Å². The lowest BCUT2D eigenvalue weighted by molar-refractivity contribution is -0.114. The van der Waals surface area contributed by atoms with Crippen molar-refractivity contribution in [1.29, 1.82) is 5.26 Å². The van der Waals surface area contributed by atoms with Gasteiger partial charge in [-0.1, -0.05) is 59.4 Å². The van der Waals surface area contributed by atoms with Gasteiger partial charge in [-0.3, -0.25) is 4.79 Å². The Morgan fingerprint density at radius 3 is 2.16 bits per heavy atom. The van der Waals surface area contributed by atoms with E-state index in [0.29, 0.717) is 12.5 Å². The third-order valence-electron chi connectivity index (χ3n) is 5.10. The summed E-state index contributed by atoms with van der Waals surface area (Å²) in [6.07, 6.45) is 6.57. The predicted octanol–water partition coefficient (Wildman–Crippen LogP) is 4.43. The molecule has 1 heterocycles. The van der Waals surface area contributed by atoms with Gasteiger partial charge in [-0.05, 0) is 71.5 Å². The molecule has 0 radical (unpaired) electrons.